The van der Waals surface area contributed by atoms with E-state index in [1.54, 1.807) is 0 Å². The fourth-order valence-corrected chi connectivity index (χ4v) is 3.04. The lowest BCUT2D eigenvalue weighted by Gasteiger charge is -2.15. The van der Waals surface area contributed by atoms with E-state index in [4.69, 9.17) is 0 Å². The van der Waals surface area contributed by atoms with Crippen LogP contribution in [0, 0.1) is 0 Å². The first kappa shape index (κ1) is 22.7. The molecule has 2 N–H and O–H groups in total. The van der Waals surface area contributed by atoms with E-state index >= 15 is 0 Å². The van der Waals surface area contributed by atoms with Gasteiger partial charge in [0.1, 0.15) is 9.84 Å². The summed E-state index contributed by atoms with van der Waals surface area (Å²) in [5, 5.41) is 6.11. The van der Waals surface area contributed by atoms with E-state index in [1.807, 2.05) is 36.1 Å². The number of anilines is 1. The maximum atomic E-state index is 11.8. The normalized spacial score (nSPS) is 14.9. The smallest absolute Gasteiger partial charge is 0.227 e. The molecule has 0 saturated carbocycles. The Morgan fingerprint density at radius 2 is 1.92 bits per heavy atom. The summed E-state index contributed by atoms with van der Waals surface area (Å²) in [6, 6.07) is 7.81. The van der Waals surface area contributed by atoms with E-state index in [2.05, 4.69) is 15.6 Å². The molecule has 1 aromatic carbocycles. The fourth-order valence-electron chi connectivity index (χ4n) is 2.57. The van der Waals surface area contributed by atoms with Crippen molar-refractivity contribution >= 4 is 51.4 Å². The van der Waals surface area contributed by atoms with Crippen molar-refractivity contribution in [1.82, 2.24) is 10.6 Å². The van der Waals surface area contributed by atoms with E-state index in [9.17, 15) is 13.2 Å². The van der Waals surface area contributed by atoms with Crippen molar-refractivity contribution in [1.29, 1.82) is 0 Å². The van der Waals surface area contributed by atoms with Gasteiger partial charge in [-0.1, -0.05) is 12.1 Å². The molecule has 2 rings (SSSR count). The van der Waals surface area contributed by atoms with E-state index in [1.165, 1.54) is 6.26 Å². The molecule has 0 spiro atoms. The quantitative estimate of drug-likeness (QED) is 0.341. The van der Waals surface area contributed by atoms with Gasteiger partial charge in [0, 0.05) is 38.0 Å². The van der Waals surface area contributed by atoms with Crippen molar-refractivity contribution in [2.24, 2.45) is 4.99 Å². The topological polar surface area (TPSA) is 90.9 Å². The molecular weight excluding hydrogens is 467 g/mol. The van der Waals surface area contributed by atoms with Crippen LogP contribution in [0.2, 0.25) is 0 Å². The molecule has 1 fully saturated rings. The van der Waals surface area contributed by atoms with Crippen molar-refractivity contribution < 1.29 is 13.2 Å². The number of rotatable bonds is 7. The largest absolute Gasteiger partial charge is 0.357 e. The van der Waals surface area contributed by atoms with Crippen molar-refractivity contribution in [3.8, 4) is 0 Å². The van der Waals surface area contributed by atoms with Gasteiger partial charge in [-0.05, 0) is 31.0 Å². The standard InChI is InChI=1S/C17H26N4O3S.HI/c1-3-18-17(19-10-12-25(2,23)24)20-13-14-6-8-15(9-7-14)21-11-4-5-16(21)22;/h6-9H,3-5,10-13H2,1-2H3,(H2,18,19,20);1H. The summed E-state index contributed by atoms with van der Waals surface area (Å²) in [5.74, 6) is 0.830. The minimum atomic E-state index is -3.00. The molecular formula is C17H27IN4O3S. The Kier molecular flexibility index (Phi) is 9.34. The minimum absolute atomic E-state index is 0. The summed E-state index contributed by atoms with van der Waals surface area (Å²) in [6.07, 6.45) is 2.75. The van der Waals surface area contributed by atoms with Crippen LogP contribution in [0.3, 0.4) is 0 Å². The molecule has 0 atom stereocenters. The lowest BCUT2D eigenvalue weighted by molar-refractivity contribution is -0.117. The lowest BCUT2D eigenvalue weighted by Crippen LogP contribution is -2.39. The van der Waals surface area contributed by atoms with Gasteiger partial charge in [-0.15, -0.1) is 24.0 Å². The molecule has 1 aromatic rings. The predicted molar refractivity (Wildman–Crippen MR) is 116 cm³/mol. The fraction of sp³-hybridized carbons (Fsp3) is 0.529. The van der Waals surface area contributed by atoms with Crippen molar-refractivity contribution in [2.75, 3.05) is 36.5 Å². The van der Waals surface area contributed by atoms with Crippen LogP contribution < -0.4 is 15.5 Å². The number of nitrogens with one attached hydrogen (secondary N) is 2. The zero-order valence-electron chi connectivity index (χ0n) is 15.2. The van der Waals surface area contributed by atoms with Crippen molar-refractivity contribution in [3.63, 3.8) is 0 Å². The van der Waals surface area contributed by atoms with Crippen LogP contribution in [0.5, 0.6) is 0 Å². The Morgan fingerprint density at radius 1 is 1.23 bits per heavy atom. The molecule has 0 aromatic heterocycles. The molecule has 1 saturated heterocycles. The van der Waals surface area contributed by atoms with E-state index in [0.29, 0.717) is 32.0 Å². The maximum Gasteiger partial charge on any atom is 0.227 e. The van der Waals surface area contributed by atoms with Crippen LogP contribution in [0.1, 0.15) is 25.3 Å². The second-order valence-corrected chi connectivity index (χ2v) is 8.33. The van der Waals surface area contributed by atoms with Crippen molar-refractivity contribution in [3.05, 3.63) is 29.8 Å². The van der Waals surface area contributed by atoms with E-state index in [0.717, 1.165) is 24.2 Å². The van der Waals surface area contributed by atoms with Crippen LogP contribution in [-0.2, 0) is 21.2 Å². The Hall–Kier alpha value is -1.36. The van der Waals surface area contributed by atoms with Gasteiger partial charge in [0.05, 0.1) is 12.3 Å². The number of nitrogens with zero attached hydrogens (tertiary/aromatic N) is 2. The average Bonchev–Trinajstić information content (AvgIpc) is 2.98. The van der Waals surface area contributed by atoms with E-state index < -0.39 is 9.84 Å². The van der Waals surface area contributed by atoms with Gasteiger partial charge >= 0.3 is 0 Å². The first-order valence-electron chi connectivity index (χ1n) is 8.48. The van der Waals surface area contributed by atoms with Crippen LogP contribution >= 0.6 is 24.0 Å². The van der Waals surface area contributed by atoms with Gasteiger partial charge in [-0.3, -0.25) is 4.79 Å². The van der Waals surface area contributed by atoms with Crippen LogP contribution in [-0.4, -0.2) is 51.9 Å². The Labute approximate surface area is 172 Å². The van der Waals surface area contributed by atoms with Gasteiger partial charge in [-0.2, -0.15) is 0 Å². The van der Waals surface area contributed by atoms with Crippen molar-refractivity contribution in [2.45, 2.75) is 26.3 Å². The third kappa shape index (κ3) is 7.48. The van der Waals surface area contributed by atoms with Gasteiger partial charge in [0.2, 0.25) is 5.91 Å². The Bertz CT molecular complexity index is 720. The monoisotopic (exact) mass is 494 g/mol. The van der Waals surface area contributed by atoms with Gasteiger partial charge in [0.25, 0.3) is 0 Å². The minimum Gasteiger partial charge on any atom is -0.357 e. The third-order valence-electron chi connectivity index (χ3n) is 3.85. The molecule has 1 heterocycles. The summed E-state index contributed by atoms with van der Waals surface area (Å²) < 4.78 is 22.4. The molecule has 7 nitrogen and oxygen atoms in total. The molecule has 146 valence electrons. The number of amides is 1. The van der Waals surface area contributed by atoms with Gasteiger partial charge in [-0.25, -0.2) is 13.4 Å². The maximum absolute atomic E-state index is 11.8. The molecule has 26 heavy (non-hydrogen) atoms. The molecule has 9 heteroatoms. The molecule has 0 aliphatic carbocycles. The van der Waals surface area contributed by atoms with Gasteiger partial charge in [0.15, 0.2) is 5.96 Å². The predicted octanol–water partition coefficient (Wildman–Crippen LogP) is 1.53. The number of carbonyl (C=O) groups excluding carboxylic acids is 1. The first-order chi connectivity index (χ1) is 11.9. The lowest BCUT2D eigenvalue weighted by atomic mass is 10.2. The summed E-state index contributed by atoms with van der Waals surface area (Å²) in [5.41, 5.74) is 1.95. The number of hydrogen-bond donors (Lipinski definition) is 2. The zero-order chi connectivity index (χ0) is 18.3. The number of halogens is 1. The average molecular weight is 494 g/mol. The SMILES string of the molecule is CCNC(=NCc1ccc(N2CCCC2=O)cc1)NCCS(C)(=O)=O.I. The zero-order valence-corrected chi connectivity index (χ0v) is 18.3. The second-order valence-electron chi connectivity index (χ2n) is 6.07. The highest BCUT2D eigenvalue weighted by Gasteiger charge is 2.21. The molecule has 1 aliphatic heterocycles. The summed E-state index contributed by atoms with van der Waals surface area (Å²) >= 11 is 0. The van der Waals surface area contributed by atoms with Crippen LogP contribution in [0.4, 0.5) is 5.69 Å². The van der Waals surface area contributed by atoms with Gasteiger partial charge < -0.3 is 15.5 Å². The number of sulfone groups is 1. The summed E-state index contributed by atoms with van der Waals surface area (Å²) in [7, 11) is -3.00. The molecule has 1 amide bonds. The number of guanidine groups is 1. The molecule has 1 aliphatic rings. The Morgan fingerprint density at radius 3 is 2.46 bits per heavy atom. The molecule has 0 radical (unpaired) electrons. The number of hydrogen-bond acceptors (Lipinski definition) is 4. The highest BCUT2D eigenvalue weighted by molar-refractivity contribution is 14.0. The van der Waals surface area contributed by atoms with E-state index in [-0.39, 0.29) is 35.6 Å². The third-order valence-corrected chi connectivity index (χ3v) is 4.80. The highest BCUT2D eigenvalue weighted by atomic mass is 127. The van der Waals surface area contributed by atoms with Crippen LogP contribution in [0.25, 0.3) is 0 Å². The van der Waals surface area contributed by atoms with Crippen LogP contribution in [0.15, 0.2) is 29.3 Å². The second kappa shape index (κ2) is 10.7. The number of benzene rings is 1. The molecule has 0 bridgehead atoms. The summed E-state index contributed by atoms with van der Waals surface area (Å²) in [6.45, 7) is 4.23. The Balaban J connectivity index is 0.00000338. The summed E-state index contributed by atoms with van der Waals surface area (Å²) in [4.78, 5) is 18.0. The molecule has 0 unspecified atom stereocenters. The number of carbonyl (C=O) groups is 1. The first-order valence-corrected chi connectivity index (χ1v) is 10.5. The number of aliphatic imine (C=N–C) groups is 1. The highest BCUT2D eigenvalue weighted by Crippen LogP contribution is 2.21.